The van der Waals surface area contributed by atoms with Crippen LogP contribution in [0.3, 0.4) is 0 Å². The summed E-state index contributed by atoms with van der Waals surface area (Å²) in [4.78, 5) is 13.7. The first-order valence-corrected chi connectivity index (χ1v) is 5.81. The molecule has 1 aromatic carbocycles. The van der Waals surface area contributed by atoms with Crippen molar-refractivity contribution in [3.05, 3.63) is 29.3 Å². The summed E-state index contributed by atoms with van der Waals surface area (Å²) in [5.41, 5.74) is 0.740. The van der Waals surface area contributed by atoms with Gasteiger partial charge in [0.25, 0.3) is 0 Å². The van der Waals surface area contributed by atoms with Crippen molar-refractivity contribution in [2.45, 2.75) is 13.8 Å². The maximum absolute atomic E-state index is 11.7. The molecule has 1 aromatic rings. The van der Waals surface area contributed by atoms with Gasteiger partial charge in [0.15, 0.2) is 0 Å². The number of halogens is 1. The highest BCUT2D eigenvalue weighted by molar-refractivity contribution is 6.30. The zero-order valence-corrected chi connectivity index (χ0v) is 10.4. The van der Waals surface area contributed by atoms with Crippen molar-refractivity contribution in [2.75, 3.05) is 25.0 Å². The van der Waals surface area contributed by atoms with E-state index in [9.17, 15) is 4.79 Å². The van der Waals surface area contributed by atoms with Crippen LogP contribution in [0.25, 0.3) is 0 Å². The van der Waals surface area contributed by atoms with Gasteiger partial charge in [0.2, 0.25) is 5.91 Å². The molecule has 1 amide bonds. The normalized spacial score (nSPS) is 10.5. The molecule has 0 unspecified atom stereocenters. The van der Waals surface area contributed by atoms with Crippen molar-refractivity contribution < 1.29 is 4.79 Å². The molecule has 0 bridgehead atoms. The molecule has 0 aromatic heterocycles. The Labute approximate surface area is 101 Å². The monoisotopic (exact) mass is 240 g/mol. The van der Waals surface area contributed by atoms with Crippen LogP contribution in [0.2, 0.25) is 5.02 Å². The molecule has 3 nitrogen and oxygen atoms in total. The fraction of sp³-hybridized carbons (Fsp3) is 0.417. The van der Waals surface area contributed by atoms with Crippen LogP contribution in [0.5, 0.6) is 0 Å². The number of hydrogen-bond acceptors (Lipinski definition) is 2. The van der Waals surface area contributed by atoms with Gasteiger partial charge in [-0.15, -0.1) is 0 Å². The van der Waals surface area contributed by atoms with E-state index in [0.717, 1.165) is 18.8 Å². The number of likely N-dealkylation sites (N-methyl/N-ethyl adjacent to an activating group) is 1. The van der Waals surface area contributed by atoms with Crippen molar-refractivity contribution in [1.29, 1.82) is 0 Å². The van der Waals surface area contributed by atoms with Crippen molar-refractivity contribution in [3.63, 3.8) is 0 Å². The number of carbonyl (C=O) groups is 1. The molecule has 4 heteroatoms. The first-order valence-electron chi connectivity index (χ1n) is 5.43. The van der Waals surface area contributed by atoms with Gasteiger partial charge in [-0.25, -0.2) is 0 Å². The van der Waals surface area contributed by atoms with E-state index in [2.05, 4.69) is 10.2 Å². The van der Waals surface area contributed by atoms with Crippen LogP contribution in [0.15, 0.2) is 24.3 Å². The molecule has 88 valence electrons. The van der Waals surface area contributed by atoms with E-state index in [1.165, 1.54) is 0 Å². The topological polar surface area (TPSA) is 32.3 Å². The average Bonchev–Trinajstić information content (AvgIpc) is 2.26. The van der Waals surface area contributed by atoms with Crippen LogP contribution in [-0.4, -0.2) is 30.4 Å². The summed E-state index contributed by atoms with van der Waals surface area (Å²) in [6, 6.07) is 7.16. The van der Waals surface area contributed by atoms with Crippen molar-refractivity contribution in [2.24, 2.45) is 0 Å². The number of nitrogens with zero attached hydrogens (tertiary/aromatic N) is 1. The fourth-order valence-corrected chi connectivity index (χ4v) is 1.61. The molecule has 0 radical (unpaired) electrons. The fourth-order valence-electron chi connectivity index (χ4n) is 1.42. The average molecular weight is 241 g/mol. The SMILES string of the molecule is CCN(CC)CC(=O)Nc1cccc(Cl)c1. The first kappa shape index (κ1) is 13.0. The number of carbonyl (C=O) groups excluding carboxylic acids is 1. The van der Waals surface area contributed by atoms with Crippen molar-refractivity contribution in [3.8, 4) is 0 Å². The standard InChI is InChI=1S/C12H17ClN2O/c1-3-15(4-2)9-12(16)14-11-7-5-6-10(13)8-11/h5-8H,3-4,9H2,1-2H3,(H,14,16). The summed E-state index contributed by atoms with van der Waals surface area (Å²) < 4.78 is 0. The van der Waals surface area contributed by atoms with Crippen LogP contribution >= 0.6 is 11.6 Å². The summed E-state index contributed by atoms with van der Waals surface area (Å²) in [5.74, 6) is -0.00836. The summed E-state index contributed by atoms with van der Waals surface area (Å²) in [7, 11) is 0. The van der Waals surface area contributed by atoms with Crippen LogP contribution < -0.4 is 5.32 Å². The van der Waals surface area contributed by atoms with Crippen molar-refractivity contribution >= 4 is 23.2 Å². The lowest BCUT2D eigenvalue weighted by Gasteiger charge is -2.17. The van der Waals surface area contributed by atoms with E-state index < -0.39 is 0 Å². The molecule has 0 spiro atoms. The van der Waals surface area contributed by atoms with Gasteiger partial charge in [-0.1, -0.05) is 31.5 Å². The second-order valence-electron chi connectivity index (χ2n) is 3.52. The zero-order valence-electron chi connectivity index (χ0n) is 9.66. The largest absolute Gasteiger partial charge is 0.325 e. The Hall–Kier alpha value is -1.06. The highest BCUT2D eigenvalue weighted by atomic mass is 35.5. The molecular weight excluding hydrogens is 224 g/mol. The van der Waals surface area contributed by atoms with Gasteiger partial charge in [-0.05, 0) is 31.3 Å². The van der Waals surface area contributed by atoms with E-state index in [1.54, 1.807) is 12.1 Å². The lowest BCUT2D eigenvalue weighted by Crippen LogP contribution is -2.32. The summed E-state index contributed by atoms with van der Waals surface area (Å²) in [5, 5.41) is 3.44. The molecule has 0 saturated heterocycles. The second-order valence-corrected chi connectivity index (χ2v) is 3.96. The molecule has 1 rings (SSSR count). The third-order valence-electron chi connectivity index (χ3n) is 2.37. The Morgan fingerprint density at radius 1 is 1.38 bits per heavy atom. The second kappa shape index (κ2) is 6.51. The predicted molar refractivity (Wildman–Crippen MR) is 67.9 cm³/mol. The molecule has 0 atom stereocenters. The Kier molecular flexibility index (Phi) is 5.29. The van der Waals surface area contributed by atoms with Crippen LogP contribution in [0.4, 0.5) is 5.69 Å². The Balaban J connectivity index is 2.51. The van der Waals surface area contributed by atoms with Crippen molar-refractivity contribution in [1.82, 2.24) is 4.90 Å². The lowest BCUT2D eigenvalue weighted by molar-refractivity contribution is -0.117. The third kappa shape index (κ3) is 4.21. The van der Waals surface area contributed by atoms with Gasteiger partial charge in [0.1, 0.15) is 0 Å². The van der Waals surface area contributed by atoms with Gasteiger partial charge in [-0.2, -0.15) is 0 Å². The summed E-state index contributed by atoms with van der Waals surface area (Å²) in [6.07, 6.45) is 0. The zero-order chi connectivity index (χ0) is 12.0. The van der Waals surface area contributed by atoms with Gasteiger partial charge < -0.3 is 5.32 Å². The Bertz CT molecular complexity index is 351. The van der Waals surface area contributed by atoms with Gasteiger partial charge in [-0.3, -0.25) is 9.69 Å². The minimum absolute atomic E-state index is 0.00836. The van der Waals surface area contributed by atoms with Crippen LogP contribution in [0.1, 0.15) is 13.8 Å². The van der Waals surface area contributed by atoms with Crippen LogP contribution in [-0.2, 0) is 4.79 Å². The lowest BCUT2D eigenvalue weighted by atomic mass is 10.3. The van der Waals surface area contributed by atoms with E-state index >= 15 is 0 Å². The third-order valence-corrected chi connectivity index (χ3v) is 2.61. The smallest absolute Gasteiger partial charge is 0.238 e. The molecule has 0 fully saturated rings. The number of benzene rings is 1. The van der Waals surface area contributed by atoms with E-state index in [-0.39, 0.29) is 5.91 Å². The molecular formula is C12H17ClN2O. The number of rotatable bonds is 5. The van der Waals surface area contributed by atoms with Crippen LogP contribution in [0, 0.1) is 0 Å². The van der Waals surface area contributed by atoms with Gasteiger partial charge in [0.05, 0.1) is 6.54 Å². The predicted octanol–water partition coefficient (Wildman–Crippen LogP) is 2.62. The minimum atomic E-state index is -0.00836. The summed E-state index contributed by atoms with van der Waals surface area (Å²) >= 11 is 5.83. The quantitative estimate of drug-likeness (QED) is 0.858. The van der Waals surface area contributed by atoms with E-state index in [0.29, 0.717) is 11.6 Å². The van der Waals surface area contributed by atoms with Gasteiger partial charge >= 0.3 is 0 Å². The summed E-state index contributed by atoms with van der Waals surface area (Å²) in [6.45, 7) is 6.24. The molecule has 16 heavy (non-hydrogen) atoms. The maximum Gasteiger partial charge on any atom is 0.238 e. The maximum atomic E-state index is 11.7. The molecule has 0 aliphatic heterocycles. The number of hydrogen-bond donors (Lipinski definition) is 1. The molecule has 0 saturated carbocycles. The minimum Gasteiger partial charge on any atom is -0.325 e. The van der Waals surface area contributed by atoms with Gasteiger partial charge in [0, 0.05) is 10.7 Å². The van der Waals surface area contributed by atoms with E-state index in [1.807, 2.05) is 26.0 Å². The Morgan fingerprint density at radius 3 is 2.62 bits per heavy atom. The molecule has 0 aliphatic carbocycles. The molecule has 0 aliphatic rings. The first-order chi connectivity index (χ1) is 7.65. The number of nitrogens with one attached hydrogen (secondary N) is 1. The number of anilines is 1. The number of amides is 1. The highest BCUT2D eigenvalue weighted by Gasteiger charge is 2.07. The molecule has 1 N–H and O–H groups in total. The van der Waals surface area contributed by atoms with E-state index in [4.69, 9.17) is 11.6 Å². The Morgan fingerprint density at radius 2 is 2.06 bits per heavy atom. The molecule has 0 heterocycles. The highest BCUT2D eigenvalue weighted by Crippen LogP contribution is 2.14.